The molecule has 0 bridgehead atoms. The number of aromatic nitrogens is 2. The zero-order valence-electron chi connectivity index (χ0n) is 14.8. The predicted octanol–water partition coefficient (Wildman–Crippen LogP) is 4.75. The van der Waals surface area contributed by atoms with Gasteiger partial charge in [-0.3, -0.25) is 5.10 Å². The Hall–Kier alpha value is -3.35. The van der Waals surface area contributed by atoms with Gasteiger partial charge in [0.25, 0.3) is 0 Å². The quantitative estimate of drug-likeness (QED) is 0.610. The number of benzene rings is 2. The first-order chi connectivity index (χ1) is 13.2. The molecule has 0 saturated heterocycles. The van der Waals surface area contributed by atoms with Crippen molar-refractivity contribution >= 4 is 17.4 Å². The Kier molecular flexibility index (Phi) is 4.50. The van der Waals surface area contributed by atoms with Crippen LogP contribution in [0.2, 0.25) is 0 Å². The van der Waals surface area contributed by atoms with E-state index in [4.69, 9.17) is 4.74 Å². The van der Waals surface area contributed by atoms with Gasteiger partial charge >= 0.3 is 6.03 Å². The highest BCUT2D eigenvalue weighted by Crippen LogP contribution is 2.46. The molecule has 138 valence electrons. The molecule has 0 atom stereocenters. The topological polar surface area (TPSA) is 79.0 Å². The monoisotopic (exact) mass is 366 g/mol. The average Bonchev–Trinajstić information content (AvgIpc) is 3.43. The highest BCUT2D eigenvalue weighted by Gasteiger charge is 2.31. The van der Waals surface area contributed by atoms with Gasteiger partial charge in [0, 0.05) is 17.2 Å². The van der Waals surface area contributed by atoms with E-state index in [1.54, 1.807) is 19.2 Å². The van der Waals surface area contributed by atoms with E-state index >= 15 is 0 Å². The van der Waals surface area contributed by atoms with E-state index < -0.39 is 11.8 Å². The van der Waals surface area contributed by atoms with Gasteiger partial charge in [-0.2, -0.15) is 5.10 Å². The molecule has 0 aliphatic heterocycles. The van der Waals surface area contributed by atoms with Crippen LogP contribution >= 0.6 is 0 Å². The molecule has 1 aliphatic carbocycles. The zero-order valence-corrected chi connectivity index (χ0v) is 14.8. The molecule has 0 radical (unpaired) electrons. The number of hydrogen-bond acceptors (Lipinski definition) is 3. The lowest BCUT2D eigenvalue weighted by atomic mass is 10.1. The number of H-pyrrole nitrogens is 1. The van der Waals surface area contributed by atoms with Crippen LogP contribution in [0.1, 0.15) is 24.5 Å². The first-order valence-electron chi connectivity index (χ1n) is 8.71. The molecule has 6 nitrogen and oxygen atoms in total. The van der Waals surface area contributed by atoms with Crippen molar-refractivity contribution in [2.45, 2.75) is 18.8 Å². The molecule has 2 amide bonds. The van der Waals surface area contributed by atoms with E-state index in [2.05, 4.69) is 20.8 Å². The second-order valence-corrected chi connectivity index (χ2v) is 6.42. The first-order valence-corrected chi connectivity index (χ1v) is 8.71. The van der Waals surface area contributed by atoms with Crippen LogP contribution in [0.3, 0.4) is 0 Å². The number of para-hydroxylation sites is 1. The first kappa shape index (κ1) is 17.1. The Balaban J connectivity index is 1.65. The Bertz CT molecular complexity index is 982. The van der Waals surface area contributed by atoms with Gasteiger partial charge in [-0.25, -0.2) is 9.18 Å². The van der Waals surface area contributed by atoms with Gasteiger partial charge in [0.1, 0.15) is 17.3 Å². The van der Waals surface area contributed by atoms with Crippen LogP contribution in [-0.4, -0.2) is 23.3 Å². The van der Waals surface area contributed by atoms with E-state index in [9.17, 15) is 9.18 Å². The van der Waals surface area contributed by atoms with E-state index in [1.807, 2.05) is 24.3 Å². The number of nitrogens with zero attached hydrogens (tertiary/aromatic N) is 1. The number of amides is 2. The van der Waals surface area contributed by atoms with Crippen LogP contribution in [0.4, 0.5) is 20.6 Å². The van der Waals surface area contributed by atoms with Gasteiger partial charge < -0.3 is 15.4 Å². The lowest BCUT2D eigenvalue weighted by Crippen LogP contribution is -2.20. The number of rotatable bonds is 5. The molecule has 1 aromatic heterocycles. The number of carbonyl (C=O) groups excluding carboxylic acids is 1. The van der Waals surface area contributed by atoms with Crippen molar-refractivity contribution in [3.05, 3.63) is 60.0 Å². The fraction of sp³-hybridized carbons (Fsp3) is 0.200. The molecule has 0 unspecified atom stereocenters. The summed E-state index contributed by atoms with van der Waals surface area (Å²) in [5.41, 5.74) is 3.29. The summed E-state index contributed by atoms with van der Waals surface area (Å²) < 4.78 is 18.8. The molecule has 1 aliphatic rings. The summed E-state index contributed by atoms with van der Waals surface area (Å²) in [5, 5.41) is 13.0. The van der Waals surface area contributed by atoms with Crippen LogP contribution in [0.5, 0.6) is 5.75 Å². The number of anilines is 2. The molecule has 1 fully saturated rings. The second kappa shape index (κ2) is 7.11. The minimum Gasteiger partial charge on any atom is -0.496 e. The van der Waals surface area contributed by atoms with Gasteiger partial charge in [0.2, 0.25) is 0 Å². The summed E-state index contributed by atoms with van der Waals surface area (Å²) in [5.74, 6) is 0.606. The van der Waals surface area contributed by atoms with Crippen molar-refractivity contribution in [2.24, 2.45) is 0 Å². The summed E-state index contributed by atoms with van der Waals surface area (Å²) in [6, 6.07) is 12.8. The maximum atomic E-state index is 13.3. The van der Waals surface area contributed by atoms with Crippen molar-refractivity contribution < 1.29 is 13.9 Å². The van der Waals surface area contributed by atoms with Crippen molar-refractivity contribution in [2.75, 3.05) is 17.7 Å². The number of methoxy groups -OCH3 is 1. The zero-order chi connectivity index (χ0) is 18.8. The van der Waals surface area contributed by atoms with Crippen LogP contribution < -0.4 is 15.4 Å². The number of ether oxygens (including phenoxy) is 1. The Labute approximate surface area is 155 Å². The Morgan fingerprint density at radius 3 is 2.74 bits per heavy atom. The standard InChI is InChI=1S/C20H19FN4O2/c1-27-16-8-3-2-7-15(16)18-19(17(24-25-18)12-9-10-12)23-20(26)22-14-6-4-5-13(21)11-14/h2-8,11-12H,9-10H2,1H3,(H,24,25)(H2,22,23,26). The molecule has 0 spiro atoms. The van der Waals surface area contributed by atoms with E-state index in [1.165, 1.54) is 12.1 Å². The Morgan fingerprint density at radius 2 is 2.00 bits per heavy atom. The summed E-state index contributed by atoms with van der Waals surface area (Å²) in [6.45, 7) is 0. The normalized spacial score (nSPS) is 13.3. The molecule has 3 N–H and O–H groups in total. The number of nitrogens with one attached hydrogen (secondary N) is 3. The van der Waals surface area contributed by atoms with Crippen molar-refractivity contribution in [1.29, 1.82) is 0 Å². The molecule has 4 rings (SSSR count). The van der Waals surface area contributed by atoms with E-state index in [-0.39, 0.29) is 0 Å². The summed E-state index contributed by atoms with van der Waals surface area (Å²) >= 11 is 0. The van der Waals surface area contributed by atoms with E-state index in [0.717, 1.165) is 24.1 Å². The van der Waals surface area contributed by atoms with Crippen LogP contribution in [0.25, 0.3) is 11.3 Å². The molecule has 7 heteroatoms. The maximum Gasteiger partial charge on any atom is 0.323 e. The lowest BCUT2D eigenvalue weighted by Gasteiger charge is -2.11. The molecule has 1 heterocycles. The minimum atomic E-state index is -0.458. The number of halogens is 1. The SMILES string of the molecule is COc1ccccc1-c1n[nH]c(C2CC2)c1NC(=O)Nc1cccc(F)c1. The highest BCUT2D eigenvalue weighted by atomic mass is 19.1. The number of urea groups is 1. The van der Waals surface area contributed by atoms with Crippen molar-refractivity contribution in [3.8, 4) is 17.0 Å². The van der Waals surface area contributed by atoms with Gasteiger partial charge in [-0.05, 0) is 43.2 Å². The summed E-state index contributed by atoms with van der Waals surface area (Å²) in [4.78, 5) is 12.5. The second-order valence-electron chi connectivity index (χ2n) is 6.42. The summed E-state index contributed by atoms with van der Waals surface area (Å²) in [6.07, 6.45) is 2.10. The van der Waals surface area contributed by atoms with Crippen molar-refractivity contribution in [1.82, 2.24) is 10.2 Å². The lowest BCUT2D eigenvalue weighted by molar-refractivity contribution is 0.262. The molecular formula is C20H19FN4O2. The fourth-order valence-corrected chi connectivity index (χ4v) is 3.03. The third kappa shape index (κ3) is 3.62. The van der Waals surface area contributed by atoms with Crippen LogP contribution in [0, 0.1) is 5.82 Å². The largest absolute Gasteiger partial charge is 0.496 e. The van der Waals surface area contributed by atoms with Gasteiger partial charge in [-0.1, -0.05) is 18.2 Å². The maximum absolute atomic E-state index is 13.3. The average molecular weight is 366 g/mol. The number of hydrogen-bond donors (Lipinski definition) is 3. The van der Waals surface area contributed by atoms with E-state index in [0.29, 0.717) is 28.7 Å². The molecule has 2 aromatic carbocycles. The number of aromatic amines is 1. The van der Waals surface area contributed by atoms with Gasteiger partial charge in [-0.15, -0.1) is 0 Å². The molecule has 27 heavy (non-hydrogen) atoms. The predicted molar refractivity (Wildman–Crippen MR) is 102 cm³/mol. The third-order valence-electron chi connectivity index (χ3n) is 4.46. The Morgan fingerprint density at radius 1 is 1.19 bits per heavy atom. The number of carbonyl (C=O) groups is 1. The molecule has 3 aromatic rings. The van der Waals surface area contributed by atoms with Gasteiger partial charge in [0.05, 0.1) is 18.5 Å². The van der Waals surface area contributed by atoms with Crippen molar-refractivity contribution in [3.63, 3.8) is 0 Å². The summed E-state index contributed by atoms with van der Waals surface area (Å²) in [7, 11) is 1.59. The highest BCUT2D eigenvalue weighted by molar-refractivity contribution is 6.02. The van der Waals surface area contributed by atoms with Crippen LogP contribution in [-0.2, 0) is 0 Å². The molecular weight excluding hydrogens is 347 g/mol. The minimum absolute atomic E-state index is 0.352. The van der Waals surface area contributed by atoms with Gasteiger partial charge in [0.15, 0.2) is 0 Å². The fourth-order valence-electron chi connectivity index (χ4n) is 3.03. The molecule has 1 saturated carbocycles. The smallest absolute Gasteiger partial charge is 0.323 e. The van der Waals surface area contributed by atoms with Crippen LogP contribution in [0.15, 0.2) is 48.5 Å². The third-order valence-corrected chi connectivity index (χ3v) is 4.46.